The lowest BCUT2D eigenvalue weighted by molar-refractivity contribution is -0.120. The topological polar surface area (TPSA) is 125 Å². The molecule has 31 heavy (non-hydrogen) atoms. The first kappa shape index (κ1) is 21.6. The molecule has 158 valence electrons. The van der Waals surface area contributed by atoms with Gasteiger partial charge in [-0.15, -0.1) is 0 Å². The fourth-order valence-corrected chi connectivity index (χ4v) is 3.20. The third-order valence-corrected chi connectivity index (χ3v) is 4.89. The number of nitrogens with one attached hydrogen (secondary N) is 2. The Balaban J connectivity index is 1.87. The van der Waals surface area contributed by atoms with E-state index in [-0.39, 0.29) is 35.6 Å². The number of amides is 2. The van der Waals surface area contributed by atoms with E-state index in [1.165, 1.54) is 17.0 Å². The van der Waals surface area contributed by atoms with Gasteiger partial charge in [0.15, 0.2) is 0 Å². The highest BCUT2D eigenvalue weighted by atomic mass is 16.2. The molecule has 0 saturated carbocycles. The van der Waals surface area contributed by atoms with Gasteiger partial charge in [-0.25, -0.2) is 0 Å². The van der Waals surface area contributed by atoms with E-state index in [1.807, 2.05) is 43.3 Å². The highest BCUT2D eigenvalue weighted by molar-refractivity contribution is 6.12. The molecular weight excluding hydrogens is 390 g/mol. The van der Waals surface area contributed by atoms with Gasteiger partial charge >= 0.3 is 0 Å². The van der Waals surface area contributed by atoms with Crippen molar-refractivity contribution >= 4 is 29.0 Å². The largest absolute Gasteiger partial charge is 0.398 e. The number of carbonyl (C=O) groups is 2. The summed E-state index contributed by atoms with van der Waals surface area (Å²) in [4.78, 5) is 27.6. The number of carbonyl (C=O) groups excluding carboxylic acids is 2. The summed E-state index contributed by atoms with van der Waals surface area (Å²) in [5.41, 5.74) is 13.9. The van der Waals surface area contributed by atoms with Crippen molar-refractivity contribution in [3.8, 4) is 0 Å². The summed E-state index contributed by atoms with van der Waals surface area (Å²) in [5.74, 6) is -0.932. The standard InChI is InChI=1S/C24H25N5O2/c1-16(17-8-4-2-5-9-17)28-22(30)15-29(19-10-6-3-7-11-19)24(31)20-14-18(23(26)27)12-13-21(20)25/h2-14,16H,15,25H2,1H3,(H3,26,27)(H,28,30). The van der Waals surface area contributed by atoms with Gasteiger partial charge in [0, 0.05) is 16.9 Å². The number of nitrogens with zero attached hydrogens (tertiary/aromatic N) is 1. The molecule has 7 nitrogen and oxygen atoms in total. The van der Waals surface area contributed by atoms with Gasteiger partial charge < -0.3 is 16.8 Å². The fraction of sp³-hybridized carbons (Fsp3) is 0.125. The highest BCUT2D eigenvalue weighted by Gasteiger charge is 2.24. The maximum Gasteiger partial charge on any atom is 0.260 e. The molecule has 0 radical (unpaired) electrons. The Labute approximate surface area is 181 Å². The summed E-state index contributed by atoms with van der Waals surface area (Å²) >= 11 is 0. The van der Waals surface area contributed by atoms with Crippen LogP contribution in [0.25, 0.3) is 0 Å². The first-order chi connectivity index (χ1) is 14.9. The number of nitrogens with two attached hydrogens (primary N) is 2. The zero-order valence-electron chi connectivity index (χ0n) is 17.2. The minimum Gasteiger partial charge on any atom is -0.398 e. The minimum absolute atomic E-state index is 0.172. The van der Waals surface area contributed by atoms with E-state index in [1.54, 1.807) is 30.3 Å². The molecule has 0 heterocycles. The molecule has 0 aliphatic heterocycles. The summed E-state index contributed by atoms with van der Waals surface area (Å²) in [6.07, 6.45) is 0. The predicted molar refractivity (Wildman–Crippen MR) is 123 cm³/mol. The van der Waals surface area contributed by atoms with Crippen LogP contribution in [-0.2, 0) is 4.79 Å². The molecule has 0 bridgehead atoms. The van der Waals surface area contributed by atoms with Crippen LogP contribution in [0.2, 0.25) is 0 Å². The van der Waals surface area contributed by atoms with Crippen molar-refractivity contribution in [1.82, 2.24) is 5.32 Å². The van der Waals surface area contributed by atoms with Gasteiger partial charge in [-0.2, -0.15) is 0 Å². The first-order valence-corrected chi connectivity index (χ1v) is 9.82. The number of hydrogen-bond acceptors (Lipinski definition) is 4. The van der Waals surface area contributed by atoms with Crippen LogP contribution in [0.3, 0.4) is 0 Å². The Morgan fingerprint density at radius 1 is 1.00 bits per heavy atom. The SMILES string of the molecule is CC(NC(=O)CN(C(=O)c1cc(C(=N)N)ccc1N)c1ccccc1)c1ccccc1. The van der Waals surface area contributed by atoms with Crippen LogP contribution in [0.5, 0.6) is 0 Å². The Kier molecular flexibility index (Phi) is 6.67. The van der Waals surface area contributed by atoms with Crippen molar-refractivity contribution in [2.75, 3.05) is 17.2 Å². The Hall–Kier alpha value is -4.13. The lowest BCUT2D eigenvalue weighted by Crippen LogP contribution is -2.42. The number of para-hydroxylation sites is 1. The maximum absolute atomic E-state index is 13.4. The van der Waals surface area contributed by atoms with Crippen molar-refractivity contribution < 1.29 is 9.59 Å². The number of anilines is 2. The van der Waals surface area contributed by atoms with E-state index in [2.05, 4.69) is 5.32 Å². The van der Waals surface area contributed by atoms with E-state index in [4.69, 9.17) is 16.9 Å². The quantitative estimate of drug-likeness (QED) is 0.269. The Morgan fingerprint density at radius 2 is 1.61 bits per heavy atom. The highest BCUT2D eigenvalue weighted by Crippen LogP contribution is 2.22. The monoisotopic (exact) mass is 415 g/mol. The average molecular weight is 415 g/mol. The molecular formula is C24H25N5O2. The number of hydrogen-bond donors (Lipinski definition) is 4. The van der Waals surface area contributed by atoms with E-state index in [0.717, 1.165) is 5.56 Å². The molecule has 1 unspecified atom stereocenters. The van der Waals surface area contributed by atoms with Gasteiger partial charge in [-0.1, -0.05) is 48.5 Å². The Morgan fingerprint density at radius 3 is 2.23 bits per heavy atom. The van der Waals surface area contributed by atoms with E-state index >= 15 is 0 Å². The van der Waals surface area contributed by atoms with Crippen LogP contribution in [0.1, 0.15) is 34.5 Å². The molecule has 3 aromatic carbocycles. The summed E-state index contributed by atoms with van der Waals surface area (Å²) in [7, 11) is 0. The van der Waals surface area contributed by atoms with Crippen molar-refractivity contribution in [2.24, 2.45) is 5.73 Å². The van der Waals surface area contributed by atoms with Gasteiger partial charge in [-0.3, -0.25) is 19.9 Å². The molecule has 0 aromatic heterocycles. The van der Waals surface area contributed by atoms with Crippen LogP contribution in [0, 0.1) is 5.41 Å². The van der Waals surface area contributed by atoms with Gasteiger partial charge in [0.25, 0.3) is 5.91 Å². The van der Waals surface area contributed by atoms with Gasteiger partial charge in [0.1, 0.15) is 12.4 Å². The predicted octanol–water partition coefficient (Wildman–Crippen LogP) is 3.08. The molecule has 3 rings (SSSR count). The summed E-state index contributed by atoms with van der Waals surface area (Å²) < 4.78 is 0. The third-order valence-electron chi connectivity index (χ3n) is 4.89. The summed E-state index contributed by atoms with van der Waals surface area (Å²) in [6.45, 7) is 1.69. The third kappa shape index (κ3) is 5.27. The molecule has 0 fully saturated rings. The van der Waals surface area contributed by atoms with E-state index in [0.29, 0.717) is 11.3 Å². The molecule has 0 saturated heterocycles. The summed E-state index contributed by atoms with van der Waals surface area (Å²) in [5, 5.41) is 10.6. The molecule has 2 amide bonds. The van der Waals surface area contributed by atoms with Crippen molar-refractivity contribution in [3.05, 3.63) is 95.6 Å². The van der Waals surface area contributed by atoms with Gasteiger partial charge in [0.2, 0.25) is 5.91 Å². The van der Waals surface area contributed by atoms with Crippen LogP contribution < -0.4 is 21.7 Å². The molecule has 0 aliphatic carbocycles. The second kappa shape index (κ2) is 9.58. The molecule has 3 aromatic rings. The number of benzene rings is 3. The molecule has 0 spiro atoms. The van der Waals surface area contributed by atoms with E-state index in [9.17, 15) is 9.59 Å². The van der Waals surface area contributed by atoms with Crippen LogP contribution in [-0.4, -0.2) is 24.2 Å². The molecule has 6 N–H and O–H groups in total. The van der Waals surface area contributed by atoms with Crippen LogP contribution in [0.4, 0.5) is 11.4 Å². The first-order valence-electron chi connectivity index (χ1n) is 9.82. The van der Waals surface area contributed by atoms with Crippen molar-refractivity contribution in [3.63, 3.8) is 0 Å². The zero-order chi connectivity index (χ0) is 22.4. The zero-order valence-corrected chi connectivity index (χ0v) is 17.2. The Bertz CT molecular complexity index is 1080. The second-order valence-electron chi connectivity index (χ2n) is 7.14. The number of nitrogen functional groups attached to an aromatic ring is 2. The minimum atomic E-state index is -0.450. The second-order valence-corrected chi connectivity index (χ2v) is 7.14. The fourth-order valence-electron chi connectivity index (χ4n) is 3.20. The molecule has 0 aliphatic rings. The number of rotatable bonds is 7. The lowest BCUT2D eigenvalue weighted by atomic mass is 10.1. The summed E-state index contributed by atoms with van der Waals surface area (Å²) in [6, 6.07) is 22.8. The van der Waals surface area contributed by atoms with Crippen LogP contribution in [0.15, 0.2) is 78.9 Å². The smallest absolute Gasteiger partial charge is 0.260 e. The van der Waals surface area contributed by atoms with Crippen molar-refractivity contribution in [1.29, 1.82) is 5.41 Å². The number of amidine groups is 1. The normalized spacial score (nSPS) is 11.4. The van der Waals surface area contributed by atoms with Gasteiger partial charge in [-0.05, 0) is 42.8 Å². The molecule has 1 atom stereocenters. The maximum atomic E-state index is 13.4. The van der Waals surface area contributed by atoms with Gasteiger partial charge in [0.05, 0.1) is 11.6 Å². The van der Waals surface area contributed by atoms with Crippen molar-refractivity contribution in [2.45, 2.75) is 13.0 Å². The average Bonchev–Trinajstić information content (AvgIpc) is 2.78. The van der Waals surface area contributed by atoms with Crippen LogP contribution >= 0.6 is 0 Å². The van der Waals surface area contributed by atoms with E-state index < -0.39 is 5.91 Å². The molecule has 7 heteroatoms. The lowest BCUT2D eigenvalue weighted by Gasteiger charge is -2.24.